The third kappa shape index (κ3) is 4.54. The lowest BCUT2D eigenvalue weighted by Gasteiger charge is -2.48. The van der Waals surface area contributed by atoms with Gasteiger partial charge >= 0.3 is 6.09 Å². The summed E-state index contributed by atoms with van der Waals surface area (Å²) in [5.41, 5.74) is 2.91. The highest BCUT2D eigenvalue weighted by Crippen LogP contribution is 2.51. The Morgan fingerprint density at radius 2 is 1.35 bits per heavy atom. The van der Waals surface area contributed by atoms with Crippen LogP contribution in [0.1, 0.15) is 53.0 Å². The second-order valence-electron chi connectivity index (χ2n) is 9.30. The van der Waals surface area contributed by atoms with E-state index in [1.165, 1.54) is 10.8 Å². The quantitative estimate of drug-likeness (QED) is 0.433. The number of rotatable bonds is 6. The molecule has 3 nitrogen and oxygen atoms in total. The van der Waals surface area contributed by atoms with E-state index in [-0.39, 0.29) is 12.0 Å². The summed E-state index contributed by atoms with van der Waals surface area (Å²) in [6, 6.07) is 19.9. The van der Waals surface area contributed by atoms with Gasteiger partial charge in [-0.3, -0.25) is 4.90 Å². The number of hydrogen-bond donors (Lipinski definition) is 0. The van der Waals surface area contributed by atoms with Crippen molar-refractivity contribution in [1.82, 2.24) is 4.90 Å². The first-order valence-electron chi connectivity index (χ1n) is 11.3. The molecule has 0 saturated heterocycles. The third-order valence-electron chi connectivity index (χ3n) is 6.74. The number of amides is 1. The van der Waals surface area contributed by atoms with E-state index in [1.807, 2.05) is 24.4 Å². The molecule has 0 radical (unpaired) electrons. The minimum absolute atomic E-state index is 0.181. The number of hydrogen-bond acceptors (Lipinski definition) is 2. The highest BCUT2D eigenvalue weighted by atomic mass is 28.3. The average molecular weight is 434 g/mol. The van der Waals surface area contributed by atoms with Gasteiger partial charge in [-0.25, -0.2) is 4.79 Å². The Bertz CT molecular complexity index is 910. The highest BCUT2D eigenvalue weighted by molar-refractivity contribution is 6.90. The van der Waals surface area contributed by atoms with Crippen LogP contribution in [0.3, 0.4) is 0 Å². The van der Waals surface area contributed by atoms with E-state index < -0.39 is 8.07 Å². The van der Waals surface area contributed by atoms with Crippen molar-refractivity contribution in [3.8, 4) is 5.75 Å². The van der Waals surface area contributed by atoms with Gasteiger partial charge in [0, 0.05) is 18.3 Å². The zero-order chi connectivity index (χ0) is 22.6. The Balaban J connectivity index is 2.08. The second-order valence-corrected chi connectivity index (χ2v) is 15.2. The molecule has 0 fully saturated rings. The molecule has 0 saturated carbocycles. The smallest absolute Gasteiger partial charge is 0.410 e. The largest absolute Gasteiger partial charge is 0.423 e. The summed E-state index contributed by atoms with van der Waals surface area (Å²) in [5, 5.41) is 1.41. The monoisotopic (exact) mass is 433 g/mol. The van der Waals surface area contributed by atoms with Gasteiger partial charge in [-0.1, -0.05) is 101 Å². The molecule has 0 aliphatic carbocycles. The molecule has 1 amide bonds. The number of nitrogens with zero attached hydrogens (tertiary/aromatic N) is 1. The zero-order valence-electron chi connectivity index (χ0n) is 19.6. The molecule has 4 heteroatoms. The van der Waals surface area contributed by atoms with Crippen LogP contribution in [-0.4, -0.2) is 19.1 Å². The number of carbonyl (C=O) groups is 1. The molecule has 31 heavy (non-hydrogen) atoms. The maximum atomic E-state index is 13.0. The SMILES string of the molecule is CC(C)[Si](C1=CN(C(=O)Oc2ccccc2)C=CC1c1ccccc1)(C(C)C)C(C)C. The van der Waals surface area contributed by atoms with E-state index in [9.17, 15) is 4.79 Å². The van der Waals surface area contributed by atoms with Crippen LogP contribution in [0.25, 0.3) is 0 Å². The summed E-state index contributed by atoms with van der Waals surface area (Å²) in [5.74, 6) is 0.738. The van der Waals surface area contributed by atoms with Crippen LogP contribution in [0.5, 0.6) is 5.75 Å². The fourth-order valence-corrected chi connectivity index (χ4v) is 12.8. The molecule has 164 valence electrons. The van der Waals surface area contributed by atoms with E-state index in [2.05, 4.69) is 84.2 Å². The van der Waals surface area contributed by atoms with Crippen LogP contribution in [0.2, 0.25) is 16.6 Å². The second kappa shape index (κ2) is 9.69. The summed E-state index contributed by atoms with van der Waals surface area (Å²) in [7, 11) is -1.99. The number of carbonyl (C=O) groups excluding carboxylic acids is 1. The lowest BCUT2D eigenvalue weighted by molar-refractivity contribution is 0.181. The van der Waals surface area contributed by atoms with Crippen LogP contribution >= 0.6 is 0 Å². The molecular weight excluding hydrogens is 398 g/mol. The number of benzene rings is 2. The molecule has 2 aromatic rings. The van der Waals surface area contributed by atoms with Crippen molar-refractivity contribution in [3.63, 3.8) is 0 Å². The summed E-state index contributed by atoms with van der Waals surface area (Å²) in [6.07, 6.45) is 5.76. The lowest BCUT2D eigenvalue weighted by Crippen LogP contribution is -2.49. The minimum atomic E-state index is -1.99. The van der Waals surface area contributed by atoms with E-state index >= 15 is 0 Å². The molecule has 0 spiro atoms. The van der Waals surface area contributed by atoms with E-state index in [1.54, 1.807) is 17.0 Å². The van der Waals surface area contributed by atoms with Gasteiger partial charge in [-0.15, -0.1) is 0 Å². The molecule has 1 aliphatic heterocycles. The molecule has 1 unspecified atom stereocenters. The molecule has 1 atom stereocenters. The third-order valence-corrected chi connectivity index (χ3v) is 13.9. The fraction of sp³-hybridized carbons (Fsp3) is 0.370. The first-order valence-corrected chi connectivity index (χ1v) is 13.5. The molecule has 1 aliphatic rings. The summed E-state index contributed by atoms with van der Waals surface area (Å²) >= 11 is 0. The summed E-state index contributed by atoms with van der Waals surface area (Å²) < 4.78 is 5.64. The zero-order valence-corrected chi connectivity index (χ0v) is 20.6. The van der Waals surface area contributed by atoms with E-state index in [0.717, 1.165) is 0 Å². The highest BCUT2D eigenvalue weighted by Gasteiger charge is 2.49. The Morgan fingerprint density at radius 3 is 1.87 bits per heavy atom. The molecule has 1 heterocycles. The van der Waals surface area contributed by atoms with Crippen molar-refractivity contribution >= 4 is 14.2 Å². The molecule has 0 N–H and O–H groups in total. The van der Waals surface area contributed by atoms with Gasteiger partial charge < -0.3 is 4.74 Å². The normalized spacial score (nSPS) is 16.7. The summed E-state index contributed by atoms with van der Waals surface area (Å²) in [6.45, 7) is 14.2. The molecular formula is C27H35NO2Si. The van der Waals surface area contributed by atoms with Gasteiger partial charge in [0.25, 0.3) is 0 Å². The van der Waals surface area contributed by atoms with Crippen LogP contribution in [0.15, 0.2) is 84.3 Å². The predicted molar refractivity (Wildman–Crippen MR) is 132 cm³/mol. The topological polar surface area (TPSA) is 29.5 Å². The van der Waals surface area contributed by atoms with Gasteiger partial charge in [0.2, 0.25) is 0 Å². The van der Waals surface area contributed by atoms with Gasteiger partial charge in [0.05, 0.1) is 8.07 Å². The maximum absolute atomic E-state index is 13.0. The van der Waals surface area contributed by atoms with Crippen molar-refractivity contribution in [1.29, 1.82) is 0 Å². The van der Waals surface area contributed by atoms with Crippen molar-refractivity contribution in [2.75, 3.05) is 0 Å². The van der Waals surface area contributed by atoms with Gasteiger partial charge in [-0.05, 0) is 34.3 Å². The number of ether oxygens (including phenoxy) is 1. The van der Waals surface area contributed by atoms with Crippen LogP contribution < -0.4 is 4.74 Å². The van der Waals surface area contributed by atoms with Crippen LogP contribution in [-0.2, 0) is 0 Å². The van der Waals surface area contributed by atoms with Gasteiger partial charge in [0.1, 0.15) is 5.75 Å². The van der Waals surface area contributed by atoms with E-state index in [4.69, 9.17) is 4.74 Å². The number of allylic oxidation sites excluding steroid dienone is 2. The van der Waals surface area contributed by atoms with Crippen LogP contribution in [0, 0.1) is 0 Å². The molecule has 0 aromatic heterocycles. The average Bonchev–Trinajstić information content (AvgIpc) is 2.74. The Kier molecular flexibility index (Phi) is 7.21. The number of para-hydroxylation sites is 1. The first-order chi connectivity index (χ1) is 14.8. The molecule has 2 aromatic carbocycles. The molecule has 0 bridgehead atoms. The van der Waals surface area contributed by atoms with E-state index in [0.29, 0.717) is 22.4 Å². The van der Waals surface area contributed by atoms with Gasteiger partial charge in [-0.2, -0.15) is 0 Å². The first kappa shape index (κ1) is 23.1. The Morgan fingerprint density at radius 1 is 0.839 bits per heavy atom. The van der Waals surface area contributed by atoms with Crippen molar-refractivity contribution in [2.24, 2.45) is 0 Å². The summed E-state index contributed by atoms with van der Waals surface area (Å²) in [4.78, 5) is 14.7. The van der Waals surface area contributed by atoms with Crippen molar-refractivity contribution < 1.29 is 9.53 Å². The maximum Gasteiger partial charge on any atom is 0.423 e. The van der Waals surface area contributed by atoms with Crippen molar-refractivity contribution in [2.45, 2.75) is 64.1 Å². The predicted octanol–water partition coefficient (Wildman–Crippen LogP) is 7.90. The minimum Gasteiger partial charge on any atom is -0.410 e. The van der Waals surface area contributed by atoms with Crippen molar-refractivity contribution in [3.05, 3.63) is 89.9 Å². The van der Waals surface area contributed by atoms with Crippen LogP contribution in [0.4, 0.5) is 4.79 Å². The fourth-order valence-electron chi connectivity index (χ4n) is 5.64. The standard InChI is InChI=1S/C27H35NO2Si/c1-20(2)31(21(3)4,22(5)6)26-19-28(27(29)30-24-15-11-8-12-16-24)18-17-25(26)23-13-9-7-10-14-23/h7-22,25H,1-6H3. The lowest BCUT2D eigenvalue weighted by atomic mass is 9.97. The Hall–Kier alpha value is -2.59. The van der Waals surface area contributed by atoms with Gasteiger partial charge in [0.15, 0.2) is 0 Å². The molecule has 3 rings (SSSR count). The Labute approximate surface area is 188 Å².